The van der Waals surface area contributed by atoms with Crippen LogP contribution in [0.2, 0.25) is 0 Å². The van der Waals surface area contributed by atoms with Crippen molar-refractivity contribution in [3.63, 3.8) is 0 Å². The van der Waals surface area contributed by atoms with Crippen molar-refractivity contribution in [2.45, 2.75) is 31.7 Å². The van der Waals surface area contributed by atoms with E-state index in [-0.39, 0.29) is 17.4 Å². The SMILES string of the molecule is CC(C)(NC(=O)C1C2CNC[C@@H]21)C1CCOc2ccccc21. The third-order valence-corrected chi connectivity index (χ3v) is 5.67. The van der Waals surface area contributed by atoms with E-state index in [1.807, 2.05) is 12.1 Å². The van der Waals surface area contributed by atoms with Crippen molar-refractivity contribution >= 4 is 5.91 Å². The normalized spacial score (nSPS) is 32.6. The lowest BCUT2D eigenvalue weighted by molar-refractivity contribution is -0.125. The fraction of sp³-hybridized carbons (Fsp3) is 0.611. The van der Waals surface area contributed by atoms with Gasteiger partial charge in [0.2, 0.25) is 5.91 Å². The van der Waals surface area contributed by atoms with Crippen LogP contribution in [0.15, 0.2) is 24.3 Å². The van der Waals surface area contributed by atoms with Gasteiger partial charge in [0.25, 0.3) is 0 Å². The summed E-state index contributed by atoms with van der Waals surface area (Å²) in [5, 5.41) is 6.68. The highest BCUT2D eigenvalue weighted by Gasteiger charge is 2.57. The maximum atomic E-state index is 12.6. The molecule has 1 saturated heterocycles. The molecule has 1 aromatic carbocycles. The standard InChI is InChI=1S/C18H24N2O2/c1-18(2,20-17(21)16-12-9-19-10-13(12)16)14-7-8-22-15-6-4-3-5-11(14)15/h3-6,12-14,16,19H,7-10H2,1-2H3,(H,20,21)/t12-,13?,14?,16?/m0/s1. The van der Waals surface area contributed by atoms with Gasteiger partial charge >= 0.3 is 0 Å². The first-order chi connectivity index (χ1) is 10.6. The Morgan fingerprint density at radius 2 is 2.00 bits per heavy atom. The molecule has 1 saturated carbocycles. The molecule has 0 bridgehead atoms. The van der Waals surface area contributed by atoms with Gasteiger partial charge in [-0.25, -0.2) is 0 Å². The highest BCUT2D eigenvalue weighted by atomic mass is 16.5. The molecule has 4 atom stereocenters. The summed E-state index contributed by atoms with van der Waals surface area (Å²) in [6.07, 6.45) is 0.948. The van der Waals surface area contributed by atoms with Crippen molar-refractivity contribution in [3.8, 4) is 5.75 Å². The molecule has 2 aliphatic heterocycles. The number of ether oxygens (including phenoxy) is 1. The monoisotopic (exact) mass is 300 g/mol. The number of amides is 1. The smallest absolute Gasteiger partial charge is 0.224 e. The Kier molecular flexibility index (Phi) is 3.19. The van der Waals surface area contributed by atoms with Gasteiger partial charge in [0, 0.05) is 17.4 Å². The van der Waals surface area contributed by atoms with Gasteiger partial charge in [0.05, 0.1) is 6.61 Å². The molecule has 2 N–H and O–H groups in total. The average molecular weight is 300 g/mol. The number of nitrogens with one attached hydrogen (secondary N) is 2. The third kappa shape index (κ3) is 2.21. The number of hydrogen-bond acceptors (Lipinski definition) is 3. The number of hydrogen-bond donors (Lipinski definition) is 2. The van der Waals surface area contributed by atoms with Crippen LogP contribution in [0.1, 0.15) is 31.7 Å². The molecule has 2 heterocycles. The van der Waals surface area contributed by atoms with E-state index in [1.165, 1.54) is 5.56 Å². The molecule has 118 valence electrons. The molecule has 22 heavy (non-hydrogen) atoms. The second kappa shape index (κ2) is 4.98. The maximum absolute atomic E-state index is 12.6. The van der Waals surface area contributed by atoms with Crippen LogP contribution in [-0.4, -0.2) is 31.1 Å². The van der Waals surface area contributed by atoms with Gasteiger partial charge < -0.3 is 15.4 Å². The summed E-state index contributed by atoms with van der Waals surface area (Å²) < 4.78 is 5.75. The van der Waals surface area contributed by atoms with Crippen molar-refractivity contribution < 1.29 is 9.53 Å². The van der Waals surface area contributed by atoms with Crippen LogP contribution in [0.3, 0.4) is 0 Å². The lowest BCUT2D eigenvalue weighted by atomic mass is 9.78. The second-order valence-corrected chi connectivity index (χ2v) is 7.45. The van der Waals surface area contributed by atoms with Gasteiger partial charge in [0.15, 0.2) is 0 Å². The fourth-order valence-electron chi connectivity index (χ4n) is 4.39. The van der Waals surface area contributed by atoms with Gasteiger partial charge in [-0.3, -0.25) is 4.79 Å². The van der Waals surface area contributed by atoms with Crippen LogP contribution < -0.4 is 15.4 Å². The molecule has 1 aliphatic carbocycles. The Hall–Kier alpha value is -1.55. The highest BCUT2D eigenvalue weighted by molar-refractivity contribution is 5.83. The topological polar surface area (TPSA) is 50.4 Å². The molecule has 3 aliphatic rings. The molecule has 0 radical (unpaired) electrons. The summed E-state index contributed by atoms with van der Waals surface area (Å²) in [6, 6.07) is 8.21. The number of carbonyl (C=O) groups is 1. The number of fused-ring (bicyclic) bond motifs is 2. The van der Waals surface area contributed by atoms with Crippen molar-refractivity contribution in [1.29, 1.82) is 0 Å². The minimum atomic E-state index is -0.249. The lowest BCUT2D eigenvalue weighted by Crippen LogP contribution is -2.50. The van der Waals surface area contributed by atoms with Gasteiger partial charge in [0.1, 0.15) is 5.75 Å². The molecule has 0 aromatic heterocycles. The zero-order valence-corrected chi connectivity index (χ0v) is 13.3. The number of benzene rings is 1. The molecule has 1 amide bonds. The first-order valence-corrected chi connectivity index (χ1v) is 8.32. The van der Waals surface area contributed by atoms with Gasteiger partial charge in [-0.15, -0.1) is 0 Å². The molecule has 4 nitrogen and oxygen atoms in total. The van der Waals surface area contributed by atoms with E-state index in [0.717, 1.165) is 31.9 Å². The van der Waals surface area contributed by atoms with Crippen LogP contribution in [0.4, 0.5) is 0 Å². The summed E-state index contributed by atoms with van der Waals surface area (Å²) in [5.74, 6) is 2.88. The van der Waals surface area contributed by atoms with E-state index < -0.39 is 0 Å². The Balaban J connectivity index is 1.50. The zero-order chi connectivity index (χ0) is 15.3. The van der Waals surface area contributed by atoms with Crippen LogP contribution in [0.25, 0.3) is 0 Å². The minimum absolute atomic E-state index is 0.232. The zero-order valence-electron chi connectivity index (χ0n) is 13.3. The van der Waals surface area contributed by atoms with Crippen molar-refractivity contribution in [2.75, 3.05) is 19.7 Å². The minimum Gasteiger partial charge on any atom is -0.493 e. The van der Waals surface area contributed by atoms with E-state index in [9.17, 15) is 4.79 Å². The fourth-order valence-corrected chi connectivity index (χ4v) is 4.39. The molecule has 4 rings (SSSR count). The Bertz CT molecular complexity index is 589. The van der Waals surface area contributed by atoms with E-state index in [1.54, 1.807) is 0 Å². The summed E-state index contributed by atoms with van der Waals surface area (Å²) >= 11 is 0. The maximum Gasteiger partial charge on any atom is 0.224 e. The van der Waals surface area contributed by atoms with E-state index in [0.29, 0.717) is 17.8 Å². The number of carbonyl (C=O) groups excluding carboxylic acids is 1. The Morgan fingerprint density at radius 1 is 1.27 bits per heavy atom. The van der Waals surface area contributed by atoms with Gasteiger partial charge in [-0.2, -0.15) is 0 Å². The van der Waals surface area contributed by atoms with E-state index in [4.69, 9.17) is 4.74 Å². The van der Waals surface area contributed by atoms with Crippen LogP contribution in [0, 0.1) is 17.8 Å². The predicted octanol–water partition coefficient (Wildman–Crippen LogP) is 1.91. The summed E-state index contributed by atoms with van der Waals surface area (Å²) in [5.41, 5.74) is 0.970. The van der Waals surface area contributed by atoms with Crippen molar-refractivity contribution in [1.82, 2.24) is 10.6 Å². The van der Waals surface area contributed by atoms with Crippen LogP contribution in [0.5, 0.6) is 5.75 Å². The number of para-hydroxylation sites is 1. The second-order valence-electron chi connectivity index (χ2n) is 7.45. The Morgan fingerprint density at radius 3 is 2.77 bits per heavy atom. The van der Waals surface area contributed by atoms with Crippen LogP contribution >= 0.6 is 0 Å². The molecular formula is C18H24N2O2. The molecule has 0 spiro atoms. The first kappa shape index (κ1) is 14.1. The molecule has 4 heteroatoms. The first-order valence-electron chi connectivity index (χ1n) is 8.32. The van der Waals surface area contributed by atoms with Crippen LogP contribution in [-0.2, 0) is 4.79 Å². The quantitative estimate of drug-likeness (QED) is 0.896. The number of rotatable bonds is 3. The molecule has 3 unspecified atom stereocenters. The van der Waals surface area contributed by atoms with Crippen molar-refractivity contribution in [2.24, 2.45) is 17.8 Å². The van der Waals surface area contributed by atoms with Crippen molar-refractivity contribution in [3.05, 3.63) is 29.8 Å². The van der Waals surface area contributed by atoms with Gasteiger partial charge in [-0.05, 0) is 56.8 Å². The molecule has 2 fully saturated rings. The number of piperidine rings is 1. The highest BCUT2D eigenvalue weighted by Crippen LogP contribution is 2.49. The molecule has 1 aromatic rings. The lowest BCUT2D eigenvalue weighted by Gasteiger charge is -2.39. The summed E-state index contributed by atoms with van der Waals surface area (Å²) in [4.78, 5) is 12.6. The summed E-state index contributed by atoms with van der Waals surface area (Å²) in [6.45, 7) is 7.02. The van der Waals surface area contributed by atoms with Gasteiger partial charge in [-0.1, -0.05) is 18.2 Å². The third-order valence-electron chi connectivity index (χ3n) is 5.67. The Labute approximate surface area is 131 Å². The van der Waals surface area contributed by atoms with E-state index >= 15 is 0 Å². The van der Waals surface area contributed by atoms with E-state index in [2.05, 4.69) is 36.6 Å². The average Bonchev–Trinajstić information content (AvgIpc) is 3.00. The summed E-state index contributed by atoms with van der Waals surface area (Å²) in [7, 11) is 0. The molecular weight excluding hydrogens is 276 g/mol. The predicted molar refractivity (Wildman–Crippen MR) is 84.9 cm³/mol. The largest absolute Gasteiger partial charge is 0.493 e.